The van der Waals surface area contributed by atoms with Crippen LogP contribution in [0.3, 0.4) is 0 Å². The van der Waals surface area contributed by atoms with Gasteiger partial charge < -0.3 is 34.3 Å². The summed E-state index contributed by atoms with van der Waals surface area (Å²) in [5.74, 6) is 1.78. The first-order valence-corrected chi connectivity index (χ1v) is 11.5. The van der Waals surface area contributed by atoms with Crippen LogP contribution in [0, 0.1) is 0 Å². The summed E-state index contributed by atoms with van der Waals surface area (Å²) in [7, 11) is 4.75. The van der Waals surface area contributed by atoms with E-state index in [2.05, 4.69) is 39.6 Å². The molecule has 2 aromatic carbocycles. The van der Waals surface area contributed by atoms with E-state index in [0.29, 0.717) is 35.3 Å². The van der Waals surface area contributed by atoms with Crippen molar-refractivity contribution in [2.24, 2.45) is 0 Å². The second kappa shape index (κ2) is 8.68. The van der Waals surface area contributed by atoms with Gasteiger partial charge in [0.15, 0.2) is 0 Å². The quantitative estimate of drug-likeness (QED) is 0.540. The standard InChI is InChI=1S/C25H27ClN4O4/c1-32-16-6-7-20-18(13-16)28-25(23-5-4-10-30(20)23)8-11-29(12-9-25)24(31)27-19-14-17(26)21(33-2)15-22(19)34-3/h4-7,10,13-15,28H,8-9,11-12H2,1-3H3,(H,27,31). The number of aromatic nitrogens is 1. The Morgan fingerprint density at radius 1 is 1.03 bits per heavy atom. The highest BCUT2D eigenvalue weighted by molar-refractivity contribution is 6.32. The number of rotatable bonds is 4. The van der Waals surface area contributed by atoms with Gasteiger partial charge in [-0.3, -0.25) is 0 Å². The van der Waals surface area contributed by atoms with Crippen LogP contribution in [0.5, 0.6) is 17.2 Å². The number of piperidine rings is 1. The summed E-state index contributed by atoms with van der Waals surface area (Å²) in [4.78, 5) is 14.9. The Hall–Kier alpha value is -3.52. The lowest BCUT2D eigenvalue weighted by Gasteiger charge is -2.46. The van der Waals surface area contributed by atoms with Gasteiger partial charge in [0, 0.05) is 37.1 Å². The molecule has 0 bridgehead atoms. The zero-order valence-electron chi connectivity index (χ0n) is 19.4. The van der Waals surface area contributed by atoms with Gasteiger partial charge in [0.05, 0.1) is 49.0 Å². The van der Waals surface area contributed by atoms with Crippen LogP contribution >= 0.6 is 11.6 Å². The van der Waals surface area contributed by atoms with Gasteiger partial charge >= 0.3 is 6.03 Å². The van der Waals surface area contributed by atoms with Gasteiger partial charge in [-0.15, -0.1) is 0 Å². The van der Waals surface area contributed by atoms with Gasteiger partial charge in [-0.05, 0) is 43.2 Å². The minimum atomic E-state index is -0.263. The summed E-state index contributed by atoms with van der Waals surface area (Å²) in [6.07, 6.45) is 3.62. The average Bonchev–Trinajstić information content (AvgIpc) is 3.36. The Morgan fingerprint density at radius 3 is 2.50 bits per heavy atom. The minimum Gasteiger partial charge on any atom is -0.497 e. The number of benzene rings is 2. The van der Waals surface area contributed by atoms with Crippen LogP contribution < -0.4 is 24.8 Å². The Labute approximate surface area is 203 Å². The molecule has 2 N–H and O–H groups in total. The lowest BCUT2D eigenvalue weighted by Crippen LogP contribution is -2.51. The van der Waals surface area contributed by atoms with Crippen LogP contribution in [-0.4, -0.2) is 49.9 Å². The van der Waals surface area contributed by atoms with Crippen molar-refractivity contribution in [2.45, 2.75) is 18.4 Å². The van der Waals surface area contributed by atoms with Gasteiger partial charge in [-0.1, -0.05) is 11.6 Å². The number of amides is 2. The number of nitrogens with one attached hydrogen (secondary N) is 2. The molecule has 34 heavy (non-hydrogen) atoms. The average molecular weight is 483 g/mol. The maximum atomic E-state index is 13.1. The van der Waals surface area contributed by atoms with Crippen molar-refractivity contribution in [1.29, 1.82) is 0 Å². The summed E-state index contributed by atoms with van der Waals surface area (Å²) in [6, 6.07) is 13.4. The summed E-state index contributed by atoms with van der Waals surface area (Å²) in [6.45, 7) is 1.19. The van der Waals surface area contributed by atoms with Crippen molar-refractivity contribution < 1.29 is 19.0 Å². The van der Waals surface area contributed by atoms with E-state index in [-0.39, 0.29) is 11.6 Å². The van der Waals surface area contributed by atoms with Crippen LogP contribution in [0.2, 0.25) is 5.02 Å². The molecule has 9 heteroatoms. The Bertz CT molecular complexity index is 1230. The largest absolute Gasteiger partial charge is 0.497 e. The third-order valence-corrected chi connectivity index (χ3v) is 6.99. The summed E-state index contributed by atoms with van der Waals surface area (Å²) in [5.41, 5.74) is 3.56. The van der Waals surface area contributed by atoms with Gasteiger partial charge in [0.25, 0.3) is 0 Å². The Morgan fingerprint density at radius 2 is 1.79 bits per heavy atom. The van der Waals surface area contributed by atoms with Crippen molar-refractivity contribution in [3.8, 4) is 22.9 Å². The number of nitrogens with zero attached hydrogens (tertiary/aromatic N) is 2. The number of carbonyl (C=O) groups excluding carboxylic acids is 1. The van der Waals surface area contributed by atoms with E-state index < -0.39 is 0 Å². The highest BCUT2D eigenvalue weighted by Crippen LogP contribution is 2.44. The highest BCUT2D eigenvalue weighted by atomic mass is 35.5. The molecule has 2 aliphatic rings. The van der Waals surface area contributed by atoms with E-state index in [1.807, 2.05) is 17.0 Å². The van der Waals surface area contributed by atoms with Gasteiger partial charge in [0.1, 0.15) is 17.2 Å². The topological polar surface area (TPSA) is 77.0 Å². The molecule has 1 spiro atoms. The molecule has 8 nitrogen and oxygen atoms in total. The molecule has 5 rings (SSSR count). The van der Waals surface area contributed by atoms with Gasteiger partial charge in [-0.2, -0.15) is 0 Å². The van der Waals surface area contributed by atoms with E-state index in [4.69, 9.17) is 25.8 Å². The first-order chi connectivity index (χ1) is 16.5. The molecule has 2 aliphatic heterocycles. The molecule has 0 saturated carbocycles. The first kappa shape index (κ1) is 22.3. The number of hydrogen-bond donors (Lipinski definition) is 2. The fourth-order valence-corrected chi connectivity index (χ4v) is 5.12. The monoisotopic (exact) mass is 482 g/mol. The third kappa shape index (κ3) is 3.68. The summed E-state index contributed by atoms with van der Waals surface area (Å²) < 4.78 is 18.3. The maximum absolute atomic E-state index is 13.1. The molecule has 178 valence electrons. The molecule has 1 aromatic heterocycles. The van der Waals surface area contributed by atoms with E-state index >= 15 is 0 Å². The lowest BCUT2D eigenvalue weighted by atomic mass is 9.82. The molecule has 2 amide bonds. The molecule has 1 fully saturated rings. The van der Waals surface area contributed by atoms with Crippen LogP contribution in [0.1, 0.15) is 18.5 Å². The Kier molecular flexibility index (Phi) is 5.69. The predicted molar refractivity (Wildman–Crippen MR) is 132 cm³/mol. The third-order valence-electron chi connectivity index (χ3n) is 6.70. The van der Waals surface area contributed by atoms with Crippen LogP contribution in [0.25, 0.3) is 5.69 Å². The molecule has 1 saturated heterocycles. The van der Waals surface area contributed by atoms with Crippen molar-refractivity contribution in [3.63, 3.8) is 0 Å². The predicted octanol–water partition coefficient (Wildman–Crippen LogP) is 5.11. The molecule has 0 atom stereocenters. The zero-order chi connectivity index (χ0) is 23.9. The minimum absolute atomic E-state index is 0.192. The SMILES string of the molecule is COc1ccc2c(c1)NC1(CCN(C(=O)Nc3cc(Cl)c(OC)cc3OC)CC1)c1cccn1-2. The normalized spacial score (nSPS) is 15.7. The van der Waals surface area contributed by atoms with E-state index in [1.54, 1.807) is 26.4 Å². The maximum Gasteiger partial charge on any atom is 0.321 e. The number of urea groups is 1. The molecule has 3 aromatic rings. The van der Waals surface area contributed by atoms with Crippen LogP contribution in [-0.2, 0) is 5.54 Å². The fraction of sp³-hybridized carbons (Fsp3) is 0.320. The first-order valence-electron chi connectivity index (χ1n) is 11.1. The smallest absolute Gasteiger partial charge is 0.321 e. The van der Waals surface area contributed by atoms with Gasteiger partial charge in [-0.25, -0.2) is 4.79 Å². The second-order valence-electron chi connectivity index (χ2n) is 8.46. The number of halogens is 1. The van der Waals surface area contributed by atoms with E-state index in [1.165, 1.54) is 12.8 Å². The number of ether oxygens (including phenoxy) is 3. The number of hydrogen-bond acceptors (Lipinski definition) is 5. The number of likely N-dealkylation sites (tertiary alicyclic amines) is 1. The molecular weight excluding hydrogens is 456 g/mol. The number of anilines is 2. The Balaban J connectivity index is 1.34. The zero-order valence-corrected chi connectivity index (χ0v) is 20.1. The second-order valence-corrected chi connectivity index (χ2v) is 8.87. The fourth-order valence-electron chi connectivity index (χ4n) is 4.88. The molecular formula is C25H27ClN4O4. The summed E-state index contributed by atoms with van der Waals surface area (Å²) in [5, 5.41) is 7.11. The lowest BCUT2D eigenvalue weighted by molar-refractivity contribution is 0.174. The molecule has 3 heterocycles. The summed E-state index contributed by atoms with van der Waals surface area (Å²) >= 11 is 6.26. The van der Waals surface area contributed by atoms with Crippen molar-refractivity contribution in [2.75, 3.05) is 45.1 Å². The van der Waals surface area contributed by atoms with Crippen LogP contribution in [0.15, 0.2) is 48.7 Å². The van der Waals surface area contributed by atoms with Crippen molar-refractivity contribution in [1.82, 2.24) is 9.47 Å². The molecule has 0 radical (unpaired) electrons. The van der Waals surface area contributed by atoms with Gasteiger partial charge in [0.2, 0.25) is 0 Å². The van der Waals surface area contributed by atoms with Crippen molar-refractivity contribution in [3.05, 3.63) is 59.4 Å². The van der Waals surface area contributed by atoms with Crippen LogP contribution in [0.4, 0.5) is 16.2 Å². The number of carbonyl (C=O) groups is 1. The molecule has 0 aliphatic carbocycles. The highest BCUT2D eigenvalue weighted by Gasteiger charge is 2.42. The molecule has 0 unspecified atom stereocenters. The van der Waals surface area contributed by atoms with Crippen molar-refractivity contribution >= 4 is 29.0 Å². The van der Waals surface area contributed by atoms with E-state index in [9.17, 15) is 4.79 Å². The number of fused-ring (bicyclic) bond motifs is 4. The van der Waals surface area contributed by atoms with E-state index in [0.717, 1.165) is 30.0 Å². The number of methoxy groups -OCH3 is 3.